The molecule has 0 aliphatic rings. The molecule has 3 aromatic rings. The number of rotatable bonds is 4. The van der Waals surface area contributed by atoms with Gasteiger partial charge in [-0.15, -0.1) is 5.10 Å². The van der Waals surface area contributed by atoms with Crippen LogP contribution in [0.5, 0.6) is 0 Å². The van der Waals surface area contributed by atoms with Gasteiger partial charge in [-0.1, -0.05) is 5.10 Å². The first-order valence-electron chi connectivity index (χ1n) is 6.55. The molecule has 7 heteroatoms. The predicted molar refractivity (Wildman–Crippen MR) is 77.8 cm³/mol. The van der Waals surface area contributed by atoms with E-state index in [-0.39, 0.29) is 6.01 Å². The molecule has 0 fully saturated rings. The maximum atomic E-state index is 11.7. The van der Waals surface area contributed by atoms with E-state index in [0.717, 1.165) is 5.76 Å². The van der Waals surface area contributed by atoms with Crippen molar-refractivity contribution in [3.8, 4) is 11.5 Å². The molecule has 0 saturated heterocycles. The summed E-state index contributed by atoms with van der Waals surface area (Å²) in [5.41, 5.74) is 0.705. The molecule has 3 heterocycles. The van der Waals surface area contributed by atoms with Gasteiger partial charge < -0.3 is 13.3 Å². The van der Waals surface area contributed by atoms with Gasteiger partial charge in [0.25, 0.3) is 11.8 Å². The lowest BCUT2D eigenvalue weighted by molar-refractivity contribution is -0.112. The van der Waals surface area contributed by atoms with Crippen LogP contribution in [-0.2, 0) is 4.79 Å². The Labute approximate surface area is 125 Å². The van der Waals surface area contributed by atoms with Gasteiger partial charge in [-0.2, -0.15) is 0 Å². The van der Waals surface area contributed by atoms with Gasteiger partial charge in [-0.05, 0) is 38.1 Å². The average molecular weight is 299 g/mol. The monoisotopic (exact) mass is 299 g/mol. The molecule has 0 aromatic carbocycles. The van der Waals surface area contributed by atoms with Crippen LogP contribution in [0.2, 0.25) is 0 Å². The molecule has 22 heavy (non-hydrogen) atoms. The van der Waals surface area contributed by atoms with Gasteiger partial charge in [0.05, 0.1) is 11.8 Å². The quantitative estimate of drug-likeness (QED) is 0.743. The van der Waals surface area contributed by atoms with Crippen molar-refractivity contribution in [1.29, 1.82) is 0 Å². The Morgan fingerprint density at radius 3 is 2.82 bits per heavy atom. The summed E-state index contributed by atoms with van der Waals surface area (Å²) in [6.07, 6.45) is 4.38. The summed E-state index contributed by atoms with van der Waals surface area (Å²) in [6.45, 7) is 3.63. The number of hydrogen-bond donors (Lipinski definition) is 1. The van der Waals surface area contributed by atoms with Crippen LogP contribution < -0.4 is 5.32 Å². The molecule has 1 amide bonds. The first-order valence-corrected chi connectivity index (χ1v) is 6.55. The molecule has 3 rings (SSSR count). The minimum Gasteiger partial charge on any atom is -0.466 e. The number of amides is 1. The fraction of sp³-hybridized carbons (Fsp3) is 0.133. The summed E-state index contributed by atoms with van der Waals surface area (Å²) in [5, 5.41) is 10.2. The van der Waals surface area contributed by atoms with E-state index in [9.17, 15) is 4.79 Å². The van der Waals surface area contributed by atoms with E-state index in [1.165, 1.54) is 18.4 Å². The second kappa shape index (κ2) is 5.72. The highest BCUT2D eigenvalue weighted by Gasteiger charge is 2.15. The molecule has 0 aliphatic heterocycles. The molecule has 112 valence electrons. The van der Waals surface area contributed by atoms with E-state index in [2.05, 4.69) is 15.5 Å². The molecule has 0 unspecified atom stereocenters. The molecule has 0 atom stereocenters. The standard InChI is InChI=1S/C15H13N3O4/c1-9-8-12(10(2)21-9)14-17-18-15(22-14)16-13(19)6-5-11-4-3-7-20-11/h3-8H,1-2H3,(H,16,18,19). The van der Waals surface area contributed by atoms with Gasteiger partial charge in [-0.3, -0.25) is 10.1 Å². The Morgan fingerprint density at radius 1 is 1.27 bits per heavy atom. The van der Waals surface area contributed by atoms with Crippen LogP contribution in [0, 0.1) is 13.8 Å². The highest BCUT2D eigenvalue weighted by atomic mass is 16.4. The number of carbonyl (C=O) groups is 1. The molecule has 0 radical (unpaired) electrons. The molecular weight excluding hydrogens is 286 g/mol. The zero-order chi connectivity index (χ0) is 15.5. The summed E-state index contributed by atoms with van der Waals surface area (Å²) in [6, 6.07) is 5.28. The summed E-state index contributed by atoms with van der Waals surface area (Å²) in [4.78, 5) is 11.7. The van der Waals surface area contributed by atoms with E-state index in [1.54, 1.807) is 25.1 Å². The lowest BCUT2D eigenvalue weighted by atomic mass is 10.2. The van der Waals surface area contributed by atoms with Crippen molar-refractivity contribution in [3.05, 3.63) is 47.8 Å². The Kier molecular flexibility index (Phi) is 3.61. The third-order valence-electron chi connectivity index (χ3n) is 2.87. The minimum absolute atomic E-state index is 0.0161. The molecule has 0 saturated carbocycles. The lowest BCUT2D eigenvalue weighted by Crippen LogP contribution is -2.07. The number of furan rings is 2. The normalized spacial score (nSPS) is 11.2. The van der Waals surface area contributed by atoms with Crippen molar-refractivity contribution in [3.63, 3.8) is 0 Å². The van der Waals surface area contributed by atoms with E-state index >= 15 is 0 Å². The van der Waals surface area contributed by atoms with Crippen LogP contribution in [0.4, 0.5) is 6.01 Å². The van der Waals surface area contributed by atoms with Gasteiger partial charge in [0.1, 0.15) is 17.3 Å². The smallest absolute Gasteiger partial charge is 0.322 e. The van der Waals surface area contributed by atoms with Crippen molar-refractivity contribution in [1.82, 2.24) is 10.2 Å². The minimum atomic E-state index is -0.397. The zero-order valence-corrected chi connectivity index (χ0v) is 12.0. The van der Waals surface area contributed by atoms with Crippen molar-refractivity contribution < 1.29 is 18.0 Å². The third-order valence-corrected chi connectivity index (χ3v) is 2.87. The van der Waals surface area contributed by atoms with Gasteiger partial charge in [0, 0.05) is 6.08 Å². The maximum Gasteiger partial charge on any atom is 0.322 e. The molecule has 0 spiro atoms. The van der Waals surface area contributed by atoms with Gasteiger partial charge in [0.2, 0.25) is 0 Å². The number of anilines is 1. The predicted octanol–water partition coefficient (Wildman–Crippen LogP) is 3.19. The first-order chi connectivity index (χ1) is 10.6. The Bertz CT molecular complexity index is 812. The van der Waals surface area contributed by atoms with Crippen LogP contribution in [0.1, 0.15) is 17.3 Å². The fourth-order valence-electron chi connectivity index (χ4n) is 1.92. The van der Waals surface area contributed by atoms with E-state index < -0.39 is 5.91 Å². The second-order valence-corrected chi connectivity index (χ2v) is 4.58. The Balaban J connectivity index is 1.69. The molecule has 7 nitrogen and oxygen atoms in total. The van der Waals surface area contributed by atoms with Crippen LogP contribution in [-0.4, -0.2) is 16.1 Å². The first kappa shape index (κ1) is 13.9. The van der Waals surface area contributed by atoms with Gasteiger partial charge in [0.15, 0.2) is 0 Å². The number of nitrogens with zero attached hydrogens (tertiary/aromatic N) is 2. The highest BCUT2D eigenvalue weighted by molar-refractivity contribution is 6.00. The van der Waals surface area contributed by atoms with E-state index in [0.29, 0.717) is 23.0 Å². The molecular formula is C15H13N3O4. The fourth-order valence-corrected chi connectivity index (χ4v) is 1.92. The summed E-state index contributed by atoms with van der Waals surface area (Å²) in [5.74, 6) is 1.90. The largest absolute Gasteiger partial charge is 0.466 e. The number of carbonyl (C=O) groups excluding carboxylic acids is 1. The number of aromatic nitrogens is 2. The van der Waals surface area contributed by atoms with Gasteiger partial charge in [-0.25, -0.2) is 0 Å². The molecule has 0 bridgehead atoms. The SMILES string of the molecule is Cc1cc(-c2nnc(NC(=O)C=Cc3ccco3)o2)c(C)o1. The van der Waals surface area contributed by atoms with E-state index in [1.807, 2.05) is 6.92 Å². The van der Waals surface area contributed by atoms with Gasteiger partial charge >= 0.3 is 6.01 Å². The number of nitrogens with one attached hydrogen (secondary N) is 1. The lowest BCUT2D eigenvalue weighted by Gasteiger charge is -1.93. The van der Waals surface area contributed by atoms with Crippen LogP contribution in [0.15, 0.2) is 43.8 Å². The molecule has 0 aliphatic carbocycles. The second-order valence-electron chi connectivity index (χ2n) is 4.58. The summed E-state index contributed by atoms with van der Waals surface area (Å²) in [7, 11) is 0. The van der Waals surface area contributed by atoms with Crippen molar-refractivity contribution in [2.75, 3.05) is 5.32 Å². The van der Waals surface area contributed by atoms with Crippen LogP contribution in [0.3, 0.4) is 0 Å². The molecule has 3 aromatic heterocycles. The zero-order valence-electron chi connectivity index (χ0n) is 12.0. The van der Waals surface area contributed by atoms with E-state index in [4.69, 9.17) is 13.3 Å². The van der Waals surface area contributed by atoms with Crippen LogP contribution in [0.25, 0.3) is 17.5 Å². The Hall–Kier alpha value is -3.09. The van der Waals surface area contributed by atoms with Crippen molar-refractivity contribution in [2.24, 2.45) is 0 Å². The van der Waals surface area contributed by atoms with Crippen molar-refractivity contribution in [2.45, 2.75) is 13.8 Å². The average Bonchev–Trinajstić information content (AvgIpc) is 3.18. The summed E-state index contributed by atoms with van der Waals surface area (Å²) < 4.78 is 15.9. The summed E-state index contributed by atoms with van der Waals surface area (Å²) >= 11 is 0. The third kappa shape index (κ3) is 2.98. The number of aryl methyl sites for hydroxylation is 2. The maximum absolute atomic E-state index is 11.7. The van der Waals surface area contributed by atoms with Crippen molar-refractivity contribution >= 4 is 18.0 Å². The Morgan fingerprint density at radius 2 is 2.14 bits per heavy atom. The van der Waals surface area contributed by atoms with Crippen LogP contribution >= 0.6 is 0 Å². The number of hydrogen-bond acceptors (Lipinski definition) is 6. The topological polar surface area (TPSA) is 94.3 Å². The molecule has 1 N–H and O–H groups in total. The highest BCUT2D eigenvalue weighted by Crippen LogP contribution is 2.26.